The van der Waals surface area contributed by atoms with E-state index in [1.54, 1.807) is 29.7 Å². The maximum Gasteiger partial charge on any atom is 0.227 e. The fraction of sp³-hybridized carbons (Fsp3) is 0.188. The largest absolute Gasteiger partial charge is 0.362 e. The highest BCUT2D eigenvalue weighted by molar-refractivity contribution is 7.19. The van der Waals surface area contributed by atoms with Crippen molar-refractivity contribution in [2.24, 2.45) is 0 Å². The Hall–Kier alpha value is -2.54. The van der Waals surface area contributed by atoms with Crippen LogP contribution in [0.15, 0.2) is 36.5 Å². The monoisotopic (exact) mass is 329 g/mol. The number of aromatic nitrogens is 3. The molecule has 2 heterocycles. The zero-order chi connectivity index (χ0) is 16.2. The van der Waals surface area contributed by atoms with Crippen molar-refractivity contribution in [2.45, 2.75) is 13.8 Å². The highest BCUT2D eigenvalue weighted by atomic mass is 32.1. The van der Waals surface area contributed by atoms with E-state index in [2.05, 4.69) is 25.6 Å². The van der Waals surface area contributed by atoms with Crippen LogP contribution in [0, 0.1) is 12.7 Å². The second-order valence-corrected chi connectivity index (χ2v) is 5.86. The van der Waals surface area contributed by atoms with Crippen molar-refractivity contribution in [1.82, 2.24) is 15.0 Å². The molecule has 0 aliphatic heterocycles. The maximum absolute atomic E-state index is 12.9. The SMILES string of the molecule is CCNc1nc(C)c(-c2ccnc(Nc3ccc(F)cc3)n2)s1. The summed E-state index contributed by atoms with van der Waals surface area (Å²) in [5.74, 6) is 0.188. The van der Waals surface area contributed by atoms with Crippen LogP contribution in [-0.4, -0.2) is 21.5 Å². The van der Waals surface area contributed by atoms with Crippen molar-refractivity contribution in [3.8, 4) is 10.6 Å². The van der Waals surface area contributed by atoms with Gasteiger partial charge in [-0.05, 0) is 44.2 Å². The lowest BCUT2D eigenvalue weighted by atomic mass is 10.3. The summed E-state index contributed by atoms with van der Waals surface area (Å²) in [6.45, 7) is 4.82. The highest BCUT2D eigenvalue weighted by Gasteiger charge is 2.11. The molecule has 118 valence electrons. The van der Waals surface area contributed by atoms with Crippen LogP contribution in [0.5, 0.6) is 0 Å². The Bertz CT molecular complexity index is 800. The molecule has 2 N–H and O–H groups in total. The molecule has 7 heteroatoms. The predicted molar refractivity (Wildman–Crippen MR) is 91.7 cm³/mol. The van der Waals surface area contributed by atoms with Gasteiger partial charge in [-0.15, -0.1) is 0 Å². The molecule has 1 aromatic carbocycles. The van der Waals surface area contributed by atoms with Crippen LogP contribution in [0.4, 0.5) is 21.2 Å². The second-order valence-electron chi connectivity index (χ2n) is 4.86. The van der Waals surface area contributed by atoms with Gasteiger partial charge < -0.3 is 10.6 Å². The average molecular weight is 329 g/mol. The molecular formula is C16H16FN5S. The van der Waals surface area contributed by atoms with Crippen LogP contribution in [0.2, 0.25) is 0 Å². The summed E-state index contributed by atoms with van der Waals surface area (Å²) in [6, 6.07) is 7.93. The maximum atomic E-state index is 12.9. The molecule has 0 aliphatic rings. The minimum Gasteiger partial charge on any atom is -0.362 e. The Morgan fingerprint density at radius 2 is 1.91 bits per heavy atom. The quantitative estimate of drug-likeness (QED) is 0.734. The van der Waals surface area contributed by atoms with Gasteiger partial charge in [0.05, 0.1) is 16.3 Å². The van der Waals surface area contributed by atoms with Crippen molar-refractivity contribution in [3.63, 3.8) is 0 Å². The fourth-order valence-electron chi connectivity index (χ4n) is 2.07. The molecule has 0 fully saturated rings. The molecule has 5 nitrogen and oxygen atoms in total. The van der Waals surface area contributed by atoms with E-state index in [-0.39, 0.29) is 5.82 Å². The van der Waals surface area contributed by atoms with Crippen molar-refractivity contribution in [1.29, 1.82) is 0 Å². The number of aryl methyl sites for hydroxylation is 1. The summed E-state index contributed by atoms with van der Waals surface area (Å²) in [6.07, 6.45) is 1.69. The number of nitrogens with zero attached hydrogens (tertiary/aromatic N) is 3. The van der Waals surface area contributed by atoms with Crippen LogP contribution in [0.25, 0.3) is 10.6 Å². The molecule has 0 saturated carbocycles. The number of hydrogen-bond acceptors (Lipinski definition) is 6. The summed E-state index contributed by atoms with van der Waals surface area (Å²) in [4.78, 5) is 14.2. The molecule has 23 heavy (non-hydrogen) atoms. The molecule has 0 bridgehead atoms. The Balaban J connectivity index is 1.86. The lowest BCUT2D eigenvalue weighted by Crippen LogP contribution is -1.97. The summed E-state index contributed by atoms with van der Waals surface area (Å²) >= 11 is 1.56. The van der Waals surface area contributed by atoms with Gasteiger partial charge in [0.15, 0.2) is 5.13 Å². The van der Waals surface area contributed by atoms with Crippen LogP contribution in [0.1, 0.15) is 12.6 Å². The van der Waals surface area contributed by atoms with Crippen molar-refractivity contribution in [3.05, 3.63) is 48.0 Å². The standard InChI is InChI=1S/C16H16FN5S/c1-3-18-16-20-10(2)14(23-16)13-8-9-19-15(22-13)21-12-6-4-11(17)5-7-12/h4-9H,3H2,1-2H3,(H,18,20)(H,19,21,22). The van der Waals surface area contributed by atoms with Gasteiger partial charge in [0.2, 0.25) is 5.95 Å². The Kier molecular flexibility index (Phi) is 4.47. The third kappa shape index (κ3) is 3.62. The molecule has 0 spiro atoms. The van der Waals surface area contributed by atoms with Gasteiger partial charge in [0.1, 0.15) is 5.82 Å². The van der Waals surface area contributed by atoms with Crippen LogP contribution in [-0.2, 0) is 0 Å². The van der Waals surface area contributed by atoms with Gasteiger partial charge in [-0.2, -0.15) is 0 Å². The molecule has 0 saturated heterocycles. The molecular weight excluding hydrogens is 313 g/mol. The van der Waals surface area contributed by atoms with Crippen LogP contribution in [0.3, 0.4) is 0 Å². The van der Waals surface area contributed by atoms with Crippen molar-refractivity contribution in [2.75, 3.05) is 17.2 Å². The van der Waals surface area contributed by atoms with Gasteiger partial charge in [-0.3, -0.25) is 0 Å². The van der Waals surface area contributed by atoms with E-state index < -0.39 is 0 Å². The summed E-state index contributed by atoms with van der Waals surface area (Å²) in [5, 5.41) is 7.16. The summed E-state index contributed by atoms with van der Waals surface area (Å²) < 4.78 is 12.9. The van der Waals surface area contributed by atoms with E-state index in [9.17, 15) is 4.39 Å². The number of thiazole rings is 1. The molecule has 0 radical (unpaired) electrons. The Morgan fingerprint density at radius 1 is 1.13 bits per heavy atom. The summed E-state index contributed by atoms with van der Waals surface area (Å²) in [7, 11) is 0. The van der Waals surface area contributed by atoms with Gasteiger partial charge in [-0.1, -0.05) is 11.3 Å². The fourth-order valence-corrected chi connectivity index (χ4v) is 3.07. The number of nitrogens with one attached hydrogen (secondary N) is 2. The molecule has 3 aromatic rings. The van der Waals surface area contributed by atoms with Gasteiger partial charge in [-0.25, -0.2) is 19.3 Å². The first-order valence-corrected chi connectivity index (χ1v) is 8.04. The van der Waals surface area contributed by atoms with E-state index in [4.69, 9.17) is 0 Å². The molecule has 3 rings (SSSR count). The zero-order valence-corrected chi connectivity index (χ0v) is 13.6. The van der Waals surface area contributed by atoms with Gasteiger partial charge >= 0.3 is 0 Å². The number of rotatable bonds is 5. The smallest absolute Gasteiger partial charge is 0.227 e. The van der Waals surface area contributed by atoms with Gasteiger partial charge in [0, 0.05) is 18.4 Å². The van der Waals surface area contributed by atoms with E-state index >= 15 is 0 Å². The number of anilines is 3. The predicted octanol–water partition coefficient (Wildman–Crippen LogP) is 4.22. The highest BCUT2D eigenvalue weighted by Crippen LogP contribution is 2.31. The topological polar surface area (TPSA) is 62.7 Å². The van der Waals surface area contributed by atoms with E-state index in [1.165, 1.54) is 12.1 Å². The summed E-state index contributed by atoms with van der Waals surface area (Å²) in [5.41, 5.74) is 2.47. The number of halogens is 1. The molecule has 0 amide bonds. The van der Waals surface area contributed by atoms with E-state index in [0.29, 0.717) is 5.95 Å². The number of hydrogen-bond donors (Lipinski definition) is 2. The van der Waals surface area contributed by atoms with Gasteiger partial charge in [0.25, 0.3) is 0 Å². The zero-order valence-electron chi connectivity index (χ0n) is 12.8. The second kappa shape index (κ2) is 6.70. The third-order valence-corrected chi connectivity index (χ3v) is 4.25. The lowest BCUT2D eigenvalue weighted by Gasteiger charge is -2.06. The molecule has 0 aliphatic carbocycles. The minimum absolute atomic E-state index is 0.276. The van der Waals surface area contributed by atoms with E-state index in [0.717, 1.165) is 33.6 Å². The normalized spacial score (nSPS) is 10.6. The van der Waals surface area contributed by atoms with E-state index in [1.807, 2.05) is 19.9 Å². The van der Waals surface area contributed by atoms with Crippen LogP contribution >= 0.6 is 11.3 Å². The molecule has 2 aromatic heterocycles. The average Bonchev–Trinajstić information content (AvgIpc) is 2.91. The Labute approximate surface area is 137 Å². The van der Waals surface area contributed by atoms with Crippen molar-refractivity contribution >= 4 is 28.1 Å². The van der Waals surface area contributed by atoms with Crippen molar-refractivity contribution < 1.29 is 4.39 Å². The lowest BCUT2D eigenvalue weighted by molar-refractivity contribution is 0.628. The third-order valence-electron chi connectivity index (χ3n) is 3.11. The molecule has 0 unspecified atom stereocenters. The minimum atomic E-state index is -0.276. The Morgan fingerprint density at radius 3 is 2.65 bits per heavy atom. The first-order valence-electron chi connectivity index (χ1n) is 7.23. The first-order chi connectivity index (χ1) is 11.2. The first kappa shape index (κ1) is 15.4. The number of benzene rings is 1. The van der Waals surface area contributed by atoms with Crippen LogP contribution < -0.4 is 10.6 Å². The molecule has 0 atom stereocenters.